The van der Waals surface area contributed by atoms with Gasteiger partial charge in [0.2, 0.25) is 5.91 Å². The van der Waals surface area contributed by atoms with Gasteiger partial charge in [-0.1, -0.05) is 12.1 Å². The van der Waals surface area contributed by atoms with E-state index in [2.05, 4.69) is 10.1 Å². The van der Waals surface area contributed by atoms with Crippen molar-refractivity contribution in [1.29, 1.82) is 0 Å². The predicted octanol–water partition coefficient (Wildman–Crippen LogP) is 2.59. The third kappa shape index (κ3) is 5.91. The summed E-state index contributed by atoms with van der Waals surface area (Å²) >= 11 is 0. The standard InChI is InChI=1S/C24H23F3N2O6/c25-24(26,27)35-17-9-5-15(6-10-17)22(32)28-18(12-14-3-7-16(30)8-4-14)23(33)29-11-1-2-20-21(29)19(31)13-34-20/h3-10,18,20-21,30H,1-2,11-13H2,(H,28,32)/t18-,20?,21?/m0/s1. The summed E-state index contributed by atoms with van der Waals surface area (Å²) in [6.07, 6.45) is -3.88. The zero-order valence-electron chi connectivity index (χ0n) is 18.5. The maximum Gasteiger partial charge on any atom is 0.573 e. The van der Waals surface area contributed by atoms with Crippen LogP contribution in [0.5, 0.6) is 11.5 Å². The molecule has 8 nitrogen and oxygen atoms in total. The van der Waals surface area contributed by atoms with E-state index in [9.17, 15) is 32.7 Å². The number of hydrogen-bond donors (Lipinski definition) is 2. The number of piperidine rings is 1. The number of nitrogens with one attached hydrogen (secondary N) is 1. The van der Waals surface area contributed by atoms with Crippen molar-refractivity contribution in [2.45, 2.75) is 43.8 Å². The number of fused-ring (bicyclic) bond motifs is 1. The Bertz CT molecular complexity index is 1090. The molecule has 2 aliphatic heterocycles. The number of halogens is 3. The number of ketones is 1. The highest BCUT2D eigenvalue weighted by Gasteiger charge is 2.45. The van der Waals surface area contributed by atoms with Gasteiger partial charge in [-0.3, -0.25) is 14.4 Å². The van der Waals surface area contributed by atoms with Crippen LogP contribution in [0.2, 0.25) is 0 Å². The minimum absolute atomic E-state index is 0.0276. The van der Waals surface area contributed by atoms with E-state index in [4.69, 9.17) is 4.74 Å². The molecule has 2 N–H and O–H groups in total. The van der Waals surface area contributed by atoms with Gasteiger partial charge in [0.05, 0.1) is 6.10 Å². The van der Waals surface area contributed by atoms with E-state index in [-0.39, 0.29) is 36.2 Å². The lowest BCUT2D eigenvalue weighted by Gasteiger charge is -2.37. The van der Waals surface area contributed by atoms with Gasteiger partial charge in [-0.25, -0.2) is 0 Å². The molecular formula is C24H23F3N2O6. The van der Waals surface area contributed by atoms with E-state index < -0.39 is 36.0 Å². The smallest absolute Gasteiger partial charge is 0.508 e. The average Bonchev–Trinajstić information content (AvgIpc) is 3.20. The molecule has 2 aromatic rings. The van der Waals surface area contributed by atoms with Crippen LogP contribution in [0.25, 0.3) is 0 Å². The van der Waals surface area contributed by atoms with Gasteiger partial charge in [0, 0.05) is 18.5 Å². The normalized spacial score (nSPS) is 20.8. The minimum atomic E-state index is -4.86. The maximum atomic E-state index is 13.5. The van der Waals surface area contributed by atoms with Crippen molar-refractivity contribution in [3.63, 3.8) is 0 Å². The Hall–Kier alpha value is -3.60. The molecule has 3 atom stereocenters. The van der Waals surface area contributed by atoms with Crippen molar-refractivity contribution in [3.05, 3.63) is 59.7 Å². The van der Waals surface area contributed by atoms with Gasteiger partial charge in [-0.05, 0) is 54.8 Å². The molecule has 0 bridgehead atoms. The summed E-state index contributed by atoms with van der Waals surface area (Å²) in [6.45, 7) is 0.265. The number of nitrogens with zero attached hydrogens (tertiary/aromatic N) is 1. The van der Waals surface area contributed by atoms with Crippen LogP contribution in [-0.4, -0.2) is 65.3 Å². The lowest BCUT2D eigenvalue weighted by atomic mass is 9.95. The Morgan fingerprint density at radius 2 is 1.83 bits per heavy atom. The zero-order valence-corrected chi connectivity index (χ0v) is 18.5. The van der Waals surface area contributed by atoms with Crippen molar-refractivity contribution in [3.8, 4) is 11.5 Å². The number of likely N-dealkylation sites (tertiary alicyclic amines) is 1. The molecular weight excluding hydrogens is 469 g/mol. The third-order valence-corrected chi connectivity index (χ3v) is 5.96. The molecule has 0 aliphatic carbocycles. The van der Waals surface area contributed by atoms with E-state index in [1.807, 2.05) is 0 Å². The van der Waals surface area contributed by atoms with Gasteiger partial charge in [0.25, 0.3) is 5.91 Å². The van der Waals surface area contributed by atoms with Crippen molar-refractivity contribution in [2.24, 2.45) is 0 Å². The summed E-state index contributed by atoms with van der Waals surface area (Å²) in [5.41, 5.74) is 0.678. The molecule has 0 saturated carbocycles. The molecule has 0 aromatic heterocycles. The SMILES string of the molecule is O=C(N[C@@H](Cc1ccc(O)cc1)C(=O)N1CCCC2OCC(=O)C21)c1ccc(OC(F)(F)F)cc1. The third-order valence-electron chi connectivity index (χ3n) is 5.96. The number of carbonyl (C=O) groups is 3. The van der Waals surface area contributed by atoms with Gasteiger partial charge < -0.3 is 24.8 Å². The molecule has 2 saturated heterocycles. The van der Waals surface area contributed by atoms with E-state index in [0.29, 0.717) is 24.9 Å². The van der Waals surface area contributed by atoms with Crippen LogP contribution in [0.1, 0.15) is 28.8 Å². The van der Waals surface area contributed by atoms with Crippen molar-refractivity contribution in [1.82, 2.24) is 10.2 Å². The Kier molecular flexibility index (Phi) is 6.97. The van der Waals surface area contributed by atoms with Crippen LogP contribution in [0.3, 0.4) is 0 Å². The number of ether oxygens (including phenoxy) is 2. The Balaban J connectivity index is 1.54. The van der Waals surface area contributed by atoms with E-state index in [0.717, 1.165) is 24.3 Å². The average molecular weight is 492 g/mol. The molecule has 186 valence electrons. The highest BCUT2D eigenvalue weighted by atomic mass is 19.4. The topological polar surface area (TPSA) is 105 Å². The number of carbonyl (C=O) groups excluding carboxylic acids is 3. The molecule has 2 amide bonds. The molecule has 0 spiro atoms. The van der Waals surface area contributed by atoms with Gasteiger partial charge in [0.15, 0.2) is 5.78 Å². The fourth-order valence-corrected chi connectivity index (χ4v) is 4.36. The molecule has 2 aliphatic rings. The van der Waals surface area contributed by atoms with Gasteiger partial charge >= 0.3 is 6.36 Å². The first-order valence-corrected chi connectivity index (χ1v) is 11.0. The summed E-state index contributed by atoms with van der Waals surface area (Å²) in [5, 5.41) is 12.2. The fourth-order valence-electron chi connectivity index (χ4n) is 4.36. The zero-order chi connectivity index (χ0) is 25.2. The minimum Gasteiger partial charge on any atom is -0.508 e. The van der Waals surface area contributed by atoms with Gasteiger partial charge in [-0.2, -0.15) is 0 Å². The largest absolute Gasteiger partial charge is 0.573 e. The fraction of sp³-hybridized carbons (Fsp3) is 0.375. The molecule has 2 heterocycles. The number of hydrogen-bond acceptors (Lipinski definition) is 6. The number of phenols is 1. The van der Waals surface area contributed by atoms with Crippen molar-refractivity contribution >= 4 is 17.6 Å². The first-order chi connectivity index (χ1) is 16.6. The number of Topliss-reactive ketones (excluding diaryl/α,β-unsaturated/α-hetero) is 1. The summed E-state index contributed by atoms with van der Waals surface area (Å²) in [6, 6.07) is 8.65. The van der Waals surface area contributed by atoms with Crippen LogP contribution in [0.15, 0.2) is 48.5 Å². The molecule has 4 rings (SSSR count). The number of phenolic OH excluding ortho intramolecular Hbond substituents is 1. The lowest BCUT2D eigenvalue weighted by Crippen LogP contribution is -2.58. The summed E-state index contributed by atoms with van der Waals surface area (Å²) in [7, 11) is 0. The molecule has 11 heteroatoms. The quantitative estimate of drug-likeness (QED) is 0.643. The highest BCUT2D eigenvalue weighted by Crippen LogP contribution is 2.27. The van der Waals surface area contributed by atoms with Gasteiger partial charge in [0.1, 0.15) is 30.2 Å². The van der Waals surface area contributed by atoms with Crippen LogP contribution in [0, 0.1) is 0 Å². The van der Waals surface area contributed by atoms with E-state index in [1.54, 1.807) is 12.1 Å². The van der Waals surface area contributed by atoms with E-state index in [1.165, 1.54) is 17.0 Å². The number of amides is 2. The van der Waals surface area contributed by atoms with Crippen molar-refractivity contribution < 1.29 is 42.1 Å². The number of aromatic hydroxyl groups is 1. The highest BCUT2D eigenvalue weighted by molar-refractivity contribution is 5.99. The summed E-state index contributed by atoms with van der Waals surface area (Å²) < 4.78 is 46.5. The number of rotatable bonds is 6. The molecule has 35 heavy (non-hydrogen) atoms. The predicted molar refractivity (Wildman–Crippen MR) is 116 cm³/mol. The second kappa shape index (κ2) is 9.95. The molecule has 2 aromatic carbocycles. The molecule has 2 unspecified atom stereocenters. The maximum absolute atomic E-state index is 13.5. The lowest BCUT2D eigenvalue weighted by molar-refractivity contribution is -0.274. The van der Waals surface area contributed by atoms with Gasteiger partial charge in [-0.15, -0.1) is 13.2 Å². The first-order valence-electron chi connectivity index (χ1n) is 11.0. The number of benzene rings is 2. The summed E-state index contributed by atoms with van der Waals surface area (Å²) in [4.78, 5) is 40.3. The Morgan fingerprint density at radius 3 is 2.49 bits per heavy atom. The second-order valence-electron chi connectivity index (χ2n) is 8.40. The first kappa shape index (κ1) is 24.5. The van der Waals surface area contributed by atoms with Crippen LogP contribution in [0.4, 0.5) is 13.2 Å². The Labute approximate surface area is 198 Å². The second-order valence-corrected chi connectivity index (χ2v) is 8.40. The number of alkyl halides is 3. The molecule has 0 radical (unpaired) electrons. The van der Waals surface area contributed by atoms with Crippen LogP contribution in [-0.2, 0) is 20.7 Å². The Morgan fingerprint density at radius 1 is 1.14 bits per heavy atom. The van der Waals surface area contributed by atoms with Crippen molar-refractivity contribution in [2.75, 3.05) is 13.2 Å². The monoisotopic (exact) mass is 492 g/mol. The summed E-state index contributed by atoms with van der Waals surface area (Å²) in [5.74, 6) is -1.78. The molecule has 2 fully saturated rings. The van der Waals surface area contributed by atoms with E-state index >= 15 is 0 Å². The van der Waals surface area contributed by atoms with Crippen LogP contribution >= 0.6 is 0 Å². The van der Waals surface area contributed by atoms with Crippen LogP contribution < -0.4 is 10.1 Å².